The van der Waals surface area contributed by atoms with Gasteiger partial charge in [-0.05, 0) is 26.0 Å². The molecule has 14 heavy (non-hydrogen) atoms. The highest BCUT2D eigenvalue weighted by atomic mass is 35.5. The van der Waals surface area contributed by atoms with E-state index in [1.807, 2.05) is 19.9 Å². The van der Waals surface area contributed by atoms with Crippen LogP contribution in [0.15, 0.2) is 24.3 Å². The number of ether oxygens (including phenoxy) is 1. The van der Waals surface area contributed by atoms with Crippen LogP contribution >= 0.6 is 11.6 Å². The minimum atomic E-state index is -0.0825. The van der Waals surface area contributed by atoms with Crippen LogP contribution in [-0.4, -0.2) is 17.8 Å². The summed E-state index contributed by atoms with van der Waals surface area (Å²) in [5.74, 6) is 0.627. The Hall–Kier alpha value is -1.02. The van der Waals surface area contributed by atoms with Gasteiger partial charge in [-0.25, -0.2) is 0 Å². The highest BCUT2D eigenvalue weighted by Gasteiger charge is 2.05. The lowest BCUT2D eigenvalue weighted by molar-refractivity contribution is 0.102. The number of benzene rings is 1. The molecule has 1 rings (SSSR count). The zero-order valence-corrected chi connectivity index (χ0v) is 9.04. The molecule has 0 atom stereocenters. The number of carbonyl (C=O) groups is 1. The molecule has 0 aliphatic carbocycles. The Kier molecular flexibility index (Phi) is 3.96. The third kappa shape index (κ3) is 3.04. The van der Waals surface area contributed by atoms with Crippen LogP contribution in [-0.2, 0) is 0 Å². The molecule has 2 nitrogen and oxygen atoms in total. The molecule has 0 aromatic heterocycles. The fraction of sp³-hybridized carbons (Fsp3) is 0.364. The van der Waals surface area contributed by atoms with Gasteiger partial charge in [-0.3, -0.25) is 4.79 Å². The summed E-state index contributed by atoms with van der Waals surface area (Å²) in [5.41, 5.74) is 0.596. The Bertz CT molecular complexity index is 321. The lowest BCUT2D eigenvalue weighted by Gasteiger charge is -2.09. The third-order valence-corrected chi connectivity index (χ3v) is 1.89. The number of alkyl halides is 1. The molecule has 0 heterocycles. The van der Waals surface area contributed by atoms with E-state index in [0.29, 0.717) is 11.3 Å². The molecule has 0 bridgehead atoms. The van der Waals surface area contributed by atoms with Crippen molar-refractivity contribution >= 4 is 17.4 Å². The van der Waals surface area contributed by atoms with Gasteiger partial charge in [0.05, 0.1) is 12.0 Å². The maximum absolute atomic E-state index is 11.3. The summed E-state index contributed by atoms with van der Waals surface area (Å²) < 4.78 is 5.45. The van der Waals surface area contributed by atoms with Crippen LogP contribution in [0.3, 0.4) is 0 Å². The standard InChI is InChI=1S/C11H13ClO2/c1-8(2)14-10-5-3-4-9(6-10)11(13)7-12/h3-6,8H,7H2,1-2H3. The largest absolute Gasteiger partial charge is 0.491 e. The Labute approximate surface area is 88.8 Å². The highest BCUT2D eigenvalue weighted by Crippen LogP contribution is 2.15. The number of hydrogen-bond acceptors (Lipinski definition) is 2. The number of ketones is 1. The molecule has 0 N–H and O–H groups in total. The van der Waals surface area contributed by atoms with E-state index >= 15 is 0 Å². The van der Waals surface area contributed by atoms with Crippen LogP contribution < -0.4 is 4.74 Å². The van der Waals surface area contributed by atoms with E-state index in [1.165, 1.54) is 0 Å². The number of hydrogen-bond donors (Lipinski definition) is 0. The summed E-state index contributed by atoms with van der Waals surface area (Å²) in [6, 6.07) is 7.06. The number of carbonyl (C=O) groups excluding carboxylic acids is 1. The fourth-order valence-corrected chi connectivity index (χ4v) is 1.25. The van der Waals surface area contributed by atoms with Crippen molar-refractivity contribution in [2.24, 2.45) is 0 Å². The van der Waals surface area contributed by atoms with Crippen molar-refractivity contribution in [2.45, 2.75) is 20.0 Å². The van der Waals surface area contributed by atoms with Gasteiger partial charge < -0.3 is 4.74 Å². The van der Waals surface area contributed by atoms with E-state index in [0.717, 1.165) is 0 Å². The van der Waals surface area contributed by atoms with Gasteiger partial charge in [0.15, 0.2) is 5.78 Å². The summed E-state index contributed by atoms with van der Waals surface area (Å²) in [6.45, 7) is 3.88. The van der Waals surface area contributed by atoms with Crippen LogP contribution in [0.4, 0.5) is 0 Å². The predicted octanol–water partition coefficient (Wildman–Crippen LogP) is 2.90. The lowest BCUT2D eigenvalue weighted by atomic mass is 10.1. The van der Waals surface area contributed by atoms with E-state index in [9.17, 15) is 4.79 Å². The predicted molar refractivity (Wildman–Crippen MR) is 57.3 cm³/mol. The quantitative estimate of drug-likeness (QED) is 0.567. The first kappa shape index (κ1) is 11.1. The Balaban J connectivity index is 2.84. The molecule has 0 spiro atoms. The summed E-state index contributed by atoms with van der Waals surface area (Å²) in [7, 11) is 0. The molecule has 0 saturated heterocycles. The second-order valence-electron chi connectivity index (χ2n) is 3.25. The van der Waals surface area contributed by atoms with Crippen molar-refractivity contribution in [3.63, 3.8) is 0 Å². The van der Waals surface area contributed by atoms with Gasteiger partial charge in [0, 0.05) is 5.56 Å². The monoisotopic (exact) mass is 212 g/mol. The fourth-order valence-electron chi connectivity index (χ4n) is 1.09. The maximum atomic E-state index is 11.3. The van der Waals surface area contributed by atoms with Gasteiger partial charge in [-0.2, -0.15) is 0 Å². The van der Waals surface area contributed by atoms with Crippen molar-refractivity contribution < 1.29 is 9.53 Å². The summed E-state index contributed by atoms with van der Waals surface area (Å²) in [4.78, 5) is 11.3. The van der Waals surface area contributed by atoms with Gasteiger partial charge in [0.2, 0.25) is 0 Å². The van der Waals surface area contributed by atoms with Crippen LogP contribution in [0.5, 0.6) is 5.75 Å². The smallest absolute Gasteiger partial charge is 0.177 e. The molecule has 0 unspecified atom stereocenters. The van der Waals surface area contributed by atoms with Crippen molar-refractivity contribution in [3.8, 4) is 5.75 Å². The molecule has 1 aromatic carbocycles. The first-order chi connectivity index (χ1) is 6.63. The van der Waals surface area contributed by atoms with Crippen LogP contribution in [0.1, 0.15) is 24.2 Å². The van der Waals surface area contributed by atoms with Crippen LogP contribution in [0, 0.1) is 0 Å². The minimum absolute atomic E-state index is 0.00509. The molecule has 0 amide bonds. The van der Waals surface area contributed by atoms with Crippen molar-refractivity contribution in [3.05, 3.63) is 29.8 Å². The molecule has 0 radical (unpaired) electrons. The molecular weight excluding hydrogens is 200 g/mol. The first-order valence-corrected chi connectivity index (χ1v) is 5.03. The zero-order chi connectivity index (χ0) is 10.6. The third-order valence-electron chi connectivity index (χ3n) is 1.65. The molecule has 0 fully saturated rings. The molecule has 76 valence electrons. The highest BCUT2D eigenvalue weighted by molar-refractivity contribution is 6.30. The summed E-state index contributed by atoms with van der Waals surface area (Å²) >= 11 is 5.45. The molecule has 0 aliphatic heterocycles. The Morgan fingerprint density at radius 3 is 2.79 bits per heavy atom. The minimum Gasteiger partial charge on any atom is -0.491 e. The average Bonchev–Trinajstić information content (AvgIpc) is 2.16. The number of Topliss-reactive ketones (excluding diaryl/α,β-unsaturated/α-hetero) is 1. The normalized spacial score (nSPS) is 10.3. The summed E-state index contributed by atoms with van der Waals surface area (Å²) in [6.07, 6.45) is 0.108. The van der Waals surface area contributed by atoms with E-state index in [4.69, 9.17) is 16.3 Å². The van der Waals surface area contributed by atoms with Crippen molar-refractivity contribution in [1.82, 2.24) is 0 Å². The topological polar surface area (TPSA) is 26.3 Å². The van der Waals surface area contributed by atoms with Gasteiger partial charge in [-0.1, -0.05) is 12.1 Å². The van der Waals surface area contributed by atoms with Gasteiger partial charge in [-0.15, -0.1) is 11.6 Å². The van der Waals surface area contributed by atoms with Gasteiger partial charge in [0.1, 0.15) is 5.75 Å². The molecule has 0 aliphatic rings. The SMILES string of the molecule is CC(C)Oc1cccc(C(=O)CCl)c1. The Morgan fingerprint density at radius 2 is 2.21 bits per heavy atom. The number of rotatable bonds is 4. The van der Waals surface area contributed by atoms with Crippen molar-refractivity contribution in [2.75, 3.05) is 5.88 Å². The lowest BCUT2D eigenvalue weighted by Crippen LogP contribution is -2.07. The molecule has 0 saturated carbocycles. The van der Waals surface area contributed by atoms with E-state index in [2.05, 4.69) is 0 Å². The van der Waals surface area contributed by atoms with Gasteiger partial charge >= 0.3 is 0 Å². The first-order valence-electron chi connectivity index (χ1n) is 4.49. The second kappa shape index (κ2) is 5.01. The molecular formula is C11H13ClO2. The number of halogens is 1. The van der Waals surface area contributed by atoms with E-state index in [1.54, 1.807) is 18.2 Å². The van der Waals surface area contributed by atoms with E-state index in [-0.39, 0.29) is 17.8 Å². The molecule has 1 aromatic rings. The zero-order valence-electron chi connectivity index (χ0n) is 8.29. The van der Waals surface area contributed by atoms with Crippen molar-refractivity contribution in [1.29, 1.82) is 0 Å². The summed E-state index contributed by atoms with van der Waals surface area (Å²) in [5, 5.41) is 0. The maximum Gasteiger partial charge on any atom is 0.177 e. The van der Waals surface area contributed by atoms with Crippen LogP contribution in [0.25, 0.3) is 0 Å². The molecule has 3 heteroatoms. The Morgan fingerprint density at radius 1 is 1.50 bits per heavy atom. The van der Waals surface area contributed by atoms with Gasteiger partial charge in [0.25, 0.3) is 0 Å². The second-order valence-corrected chi connectivity index (χ2v) is 3.52. The van der Waals surface area contributed by atoms with Crippen LogP contribution in [0.2, 0.25) is 0 Å². The van der Waals surface area contributed by atoms with E-state index < -0.39 is 0 Å². The average molecular weight is 213 g/mol.